The lowest BCUT2D eigenvalue weighted by Crippen LogP contribution is -2.11. The minimum absolute atomic E-state index is 0.262. The Morgan fingerprint density at radius 1 is 1.27 bits per heavy atom. The highest BCUT2D eigenvalue weighted by Gasteiger charge is 2.04. The molecule has 1 heterocycles. The molecule has 4 heteroatoms. The summed E-state index contributed by atoms with van der Waals surface area (Å²) in [6.45, 7) is 1.75. The Hall–Kier alpha value is -1.97. The Bertz CT molecular complexity index is 531. The summed E-state index contributed by atoms with van der Waals surface area (Å²) in [6.07, 6.45) is 1.57. The van der Waals surface area contributed by atoms with Gasteiger partial charge in [0.25, 0.3) is 5.56 Å². The molecule has 0 spiro atoms. The van der Waals surface area contributed by atoms with Crippen molar-refractivity contribution in [3.63, 3.8) is 0 Å². The van der Waals surface area contributed by atoms with E-state index in [2.05, 4.69) is 9.97 Å². The number of hydrogen-bond donors (Lipinski definition) is 1. The van der Waals surface area contributed by atoms with E-state index in [9.17, 15) is 9.18 Å². The number of rotatable bonds is 1. The van der Waals surface area contributed by atoms with E-state index < -0.39 is 0 Å². The zero-order valence-electron chi connectivity index (χ0n) is 8.12. The first-order valence-corrected chi connectivity index (χ1v) is 4.48. The average Bonchev–Trinajstić information content (AvgIpc) is 2.20. The number of halogens is 1. The van der Waals surface area contributed by atoms with E-state index in [0.717, 1.165) is 0 Å². The van der Waals surface area contributed by atoms with Crippen LogP contribution in [0.15, 0.2) is 35.3 Å². The van der Waals surface area contributed by atoms with E-state index in [4.69, 9.17) is 0 Å². The molecule has 2 aromatic rings. The fraction of sp³-hybridized carbons (Fsp3) is 0.0909. The van der Waals surface area contributed by atoms with Gasteiger partial charge in [-0.15, -0.1) is 0 Å². The molecule has 76 valence electrons. The summed E-state index contributed by atoms with van der Waals surface area (Å²) >= 11 is 0. The normalized spacial score (nSPS) is 10.3. The minimum Gasteiger partial charge on any atom is -0.323 e. The van der Waals surface area contributed by atoms with Crippen molar-refractivity contribution in [2.45, 2.75) is 6.92 Å². The third-order valence-corrected chi connectivity index (χ3v) is 2.03. The van der Waals surface area contributed by atoms with Crippen molar-refractivity contribution in [2.24, 2.45) is 0 Å². The summed E-state index contributed by atoms with van der Waals surface area (Å²) in [4.78, 5) is 18.2. The van der Waals surface area contributed by atoms with Crippen LogP contribution in [-0.4, -0.2) is 9.97 Å². The summed E-state index contributed by atoms with van der Waals surface area (Å²) in [7, 11) is 0. The fourth-order valence-corrected chi connectivity index (χ4v) is 1.30. The van der Waals surface area contributed by atoms with E-state index >= 15 is 0 Å². The van der Waals surface area contributed by atoms with Crippen LogP contribution in [0, 0.1) is 12.7 Å². The van der Waals surface area contributed by atoms with Gasteiger partial charge in [0.1, 0.15) is 11.5 Å². The molecule has 0 aliphatic heterocycles. The van der Waals surface area contributed by atoms with Gasteiger partial charge in [0.15, 0.2) is 0 Å². The number of H-pyrrole nitrogens is 1. The third kappa shape index (κ3) is 1.93. The van der Waals surface area contributed by atoms with Crippen LogP contribution in [0.25, 0.3) is 11.3 Å². The lowest BCUT2D eigenvalue weighted by Gasteiger charge is -1.99. The molecule has 0 amide bonds. The van der Waals surface area contributed by atoms with Gasteiger partial charge in [-0.1, -0.05) is 0 Å². The van der Waals surface area contributed by atoms with Gasteiger partial charge in [-0.3, -0.25) is 4.79 Å². The van der Waals surface area contributed by atoms with Crippen molar-refractivity contribution in [3.8, 4) is 11.3 Å². The van der Waals surface area contributed by atoms with Gasteiger partial charge in [-0.05, 0) is 31.2 Å². The lowest BCUT2D eigenvalue weighted by atomic mass is 10.1. The highest BCUT2D eigenvalue weighted by atomic mass is 19.1. The number of aryl methyl sites for hydroxylation is 1. The Labute approximate surface area is 85.6 Å². The number of benzene rings is 1. The van der Waals surface area contributed by atoms with E-state index in [0.29, 0.717) is 17.0 Å². The van der Waals surface area contributed by atoms with Crippen LogP contribution < -0.4 is 5.56 Å². The molecule has 0 saturated carbocycles. The summed E-state index contributed by atoms with van der Waals surface area (Å²) in [5, 5.41) is 0. The Morgan fingerprint density at radius 3 is 2.53 bits per heavy atom. The molecule has 0 aliphatic rings. The van der Waals surface area contributed by atoms with Crippen LogP contribution in [0.4, 0.5) is 4.39 Å². The summed E-state index contributed by atoms with van der Waals surface area (Å²) in [5.41, 5.74) is 1.35. The van der Waals surface area contributed by atoms with Crippen LogP contribution >= 0.6 is 0 Å². The largest absolute Gasteiger partial charge is 0.323 e. The molecule has 0 bridgehead atoms. The van der Waals surface area contributed by atoms with Crippen molar-refractivity contribution in [1.82, 2.24) is 9.97 Å². The van der Waals surface area contributed by atoms with Gasteiger partial charge >= 0.3 is 0 Å². The van der Waals surface area contributed by atoms with Crippen LogP contribution in [0.3, 0.4) is 0 Å². The quantitative estimate of drug-likeness (QED) is 0.770. The zero-order valence-corrected chi connectivity index (χ0v) is 8.12. The van der Waals surface area contributed by atoms with Gasteiger partial charge in [-0.2, -0.15) is 0 Å². The fourth-order valence-electron chi connectivity index (χ4n) is 1.30. The van der Waals surface area contributed by atoms with Crippen molar-refractivity contribution >= 4 is 0 Å². The molecule has 0 unspecified atom stereocenters. The average molecular weight is 204 g/mol. The molecule has 1 N–H and O–H groups in total. The zero-order chi connectivity index (χ0) is 10.8. The maximum atomic E-state index is 12.7. The highest BCUT2D eigenvalue weighted by Crippen LogP contribution is 2.12. The maximum absolute atomic E-state index is 12.7. The van der Waals surface area contributed by atoms with Gasteiger partial charge in [-0.25, -0.2) is 9.37 Å². The van der Waals surface area contributed by atoms with E-state index in [1.165, 1.54) is 24.3 Å². The van der Waals surface area contributed by atoms with Gasteiger partial charge in [0, 0.05) is 17.5 Å². The van der Waals surface area contributed by atoms with Crippen LogP contribution in [0.2, 0.25) is 0 Å². The molecule has 2 rings (SSSR count). The predicted octanol–water partition coefficient (Wildman–Crippen LogP) is 1.88. The molecule has 0 saturated heterocycles. The summed E-state index contributed by atoms with van der Waals surface area (Å²) < 4.78 is 12.7. The minimum atomic E-state index is -0.331. The maximum Gasteiger partial charge on any atom is 0.274 e. The van der Waals surface area contributed by atoms with Crippen molar-refractivity contribution < 1.29 is 4.39 Å². The topological polar surface area (TPSA) is 45.8 Å². The first kappa shape index (κ1) is 9.58. The van der Waals surface area contributed by atoms with Gasteiger partial charge in [0.05, 0.1) is 0 Å². The molecule has 0 fully saturated rings. The molecule has 0 aliphatic carbocycles. The Morgan fingerprint density at radius 2 is 1.93 bits per heavy atom. The van der Waals surface area contributed by atoms with Crippen molar-refractivity contribution in [1.29, 1.82) is 0 Å². The summed E-state index contributed by atoms with van der Waals surface area (Å²) in [5.74, 6) is -0.331. The number of aromatic nitrogens is 2. The number of hydrogen-bond acceptors (Lipinski definition) is 2. The molecule has 15 heavy (non-hydrogen) atoms. The molecular formula is C11H9FN2O. The number of nitrogens with zero attached hydrogens (tertiary/aromatic N) is 1. The third-order valence-electron chi connectivity index (χ3n) is 2.03. The first-order valence-electron chi connectivity index (χ1n) is 4.48. The number of nitrogens with one attached hydrogen (secondary N) is 1. The second kappa shape index (κ2) is 3.65. The Kier molecular flexibility index (Phi) is 2.33. The highest BCUT2D eigenvalue weighted by molar-refractivity contribution is 5.57. The second-order valence-electron chi connectivity index (χ2n) is 3.25. The number of aromatic amines is 1. The molecular weight excluding hydrogens is 195 g/mol. The lowest BCUT2D eigenvalue weighted by molar-refractivity contribution is 0.628. The van der Waals surface area contributed by atoms with Crippen LogP contribution in [0.1, 0.15) is 5.69 Å². The molecule has 0 radical (unpaired) electrons. The summed E-state index contributed by atoms with van der Waals surface area (Å²) in [6, 6.07) is 5.66. The molecule has 1 aromatic heterocycles. The van der Waals surface area contributed by atoms with Crippen molar-refractivity contribution in [3.05, 3.63) is 52.3 Å². The van der Waals surface area contributed by atoms with E-state index in [-0.39, 0.29) is 11.4 Å². The van der Waals surface area contributed by atoms with Gasteiger partial charge < -0.3 is 4.98 Å². The molecule has 3 nitrogen and oxygen atoms in total. The van der Waals surface area contributed by atoms with Crippen LogP contribution in [0.5, 0.6) is 0 Å². The second-order valence-corrected chi connectivity index (χ2v) is 3.25. The smallest absolute Gasteiger partial charge is 0.274 e. The van der Waals surface area contributed by atoms with Crippen molar-refractivity contribution in [2.75, 3.05) is 0 Å². The molecule has 0 atom stereocenters. The van der Waals surface area contributed by atoms with E-state index in [1.54, 1.807) is 13.1 Å². The van der Waals surface area contributed by atoms with Crippen LogP contribution in [-0.2, 0) is 0 Å². The predicted molar refractivity (Wildman–Crippen MR) is 55.0 cm³/mol. The molecule has 1 aromatic carbocycles. The standard InChI is InChI=1S/C11H9FN2O/c1-7-6-13-10(11(15)14-7)8-2-4-9(12)5-3-8/h2-6H,1H3,(H,14,15). The van der Waals surface area contributed by atoms with E-state index in [1.807, 2.05) is 0 Å². The first-order chi connectivity index (χ1) is 7.16. The SMILES string of the molecule is Cc1cnc(-c2ccc(F)cc2)c(=O)[nH]1. The Balaban J connectivity index is 2.55. The van der Waals surface area contributed by atoms with Gasteiger partial charge in [0.2, 0.25) is 0 Å². The monoisotopic (exact) mass is 204 g/mol.